The first kappa shape index (κ1) is 31.4. The van der Waals surface area contributed by atoms with Crippen molar-refractivity contribution in [2.75, 3.05) is 11.4 Å². The highest BCUT2D eigenvalue weighted by atomic mass is 35.5. The highest BCUT2D eigenvalue weighted by Gasteiger charge is 2.26. The second kappa shape index (κ2) is 15.1. The number of benzene rings is 2. The van der Waals surface area contributed by atoms with E-state index in [2.05, 4.69) is 40.7 Å². The Morgan fingerprint density at radius 2 is 1.61 bits per heavy atom. The second-order valence-electron chi connectivity index (χ2n) is 10.0. The molecular weight excluding hydrogens is 599 g/mol. The van der Waals surface area contributed by atoms with Crippen molar-refractivity contribution in [3.63, 3.8) is 0 Å². The van der Waals surface area contributed by atoms with Crippen molar-refractivity contribution in [1.82, 2.24) is 0 Å². The minimum absolute atomic E-state index is 0.197. The van der Waals surface area contributed by atoms with Gasteiger partial charge < -0.3 is 15.1 Å². The molecule has 2 aromatic carbocycles. The van der Waals surface area contributed by atoms with Crippen LogP contribution in [0.2, 0.25) is 10.0 Å². The van der Waals surface area contributed by atoms with Crippen LogP contribution in [-0.4, -0.2) is 28.7 Å². The standard InChI is InChI=1S/C31H34Cl2N2O4S2/c1-2-21(17-28-34(15-7-3-5-9-30(36)37)24-19-22(32)11-13-26(24)40-28)18-29-35(16-8-4-6-10-31(38)39)25-20-23(33)12-14-27(25)41-29/h11-14,17-20H,2-10,15-16H2,1H3,(H-,36,37,38,39)/p+1. The number of allylic oxidation sites excluding steroid dienone is 2. The Morgan fingerprint density at radius 3 is 2.32 bits per heavy atom. The summed E-state index contributed by atoms with van der Waals surface area (Å²) >= 11 is 16.2. The smallest absolute Gasteiger partial charge is 0.303 e. The molecule has 0 atom stereocenters. The van der Waals surface area contributed by atoms with Crippen LogP contribution in [-0.2, 0) is 16.1 Å². The van der Waals surface area contributed by atoms with Gasteiger partial charge in [0.05, 0.1) is 10.7 Å². The molecule has 4 rings (SSSR count). The Kier molecular flexibility index (Phi) is 11.6. The summed E-state index contributed by atoms with van der Waals surface area (Å²) in [5, 5.41) is 21.6. The molecule has 0 saturated heterocycles. The molecule has 0 radical (unpaired) electrons. The Hall–Kier alpha value is -2.52. The molecule has 0 saturated carbocycles. The third-order valence-electron chi connectivity index (χ3n) is 6.96. The summed E-state index contributed by atoms with van der Waals surface area (Å²) in [6.07, 6.45) is 10.6. The lowest BCUT2D eigenvalue weighted by molar-refractivity contribution is -0.669. The van der Waals surface area contributed by atoms with E-state index in [0.29, 0.717) is 22.9 Å². The summed E-state index contributed by atoms with van der Waals surface area (Å²) in [5.74, 6) is -1.50. The number of fused-ring (bicyclic) bond motifs is 2. The summed E-state index contributed by atoms with van der Waals surface area (Å²) in [7, 11) is 0. The second-order valence-corrected chi connectivity index (χ2v) is 13.0. The van der Waals surface area contributed by atoms with Gasteiger partial charge in [-0.05, 0) is 74.1 Å². The molecular formula is C31H35Cl2N2O4S2+. The molecule has 3 aromatic rings. The van der Waals surface area contributed by atoms with Gasteiger partial charge in [-0.25, -0.2) is 0 Å². The Balaban J connectivity index is 1.61. The van der Waals surface area contributed by atoms with Crippen LogP contribution in [0.25, 0.3) is 16.3 Å². The summed E-state index contributed by atoms with van der Waals surface area (Å²) < 4.78 is 3.46. The first-order chi connectivity index (χ1) is 19.7. The molecule has 2 N–H and O–H groups in total. The third kappa shape index (κ3) is 8.74. The quantitative estimate of drug-likeness (QED) is 0.128. The third-order valence-corrected chi connectivity index (χ3v) is 9.65. The van der Waals surface area contributed by atoms with Crippen LogP contribution in [0.4, 0.5) is 5.69 Å². The maximum Gasteiger partial charge on any atom is 0.303 e. The molecule has 6 nitrogen and oxygen atoms in total. The molecule has 1 aliphatic rings. The van der Waals surface area contributed by atoms with Gasteiger partial charge in [-0.15, -0.1) is 0 Å². The number of unbranched alkanes of at least 4 members (excludes halogenated alkanes) is 4. The fourth-order valence-corrected chi connectivity index (χ4v) is 7.46. The van der Waals surface area contributed by atoms with E-state index >= 15 is 0 Å². The summed E-state index contributed by atoms with van der Waals surface area (Å²) in [6, 6.07) is 12.0. The van der Waals surface area contributed by atoms with E-state index in [1.807, 2.05) is 24.3 Å². The van der Waals surface area contributed by atoms with E-state index in [0.717, 1.165) is 76.0 Å². The highest BCUT2D eigenvalue weighted by molar-refractivity contribution is 8.03. The van der Waals surface area contributed by atoms with Crippen molar-refractivity contribution in [3.05, 3.63) is 68.1 Å². The molecule has 218 valence electrons. The van der Waals surface area contributed by atoms with Crippen LogP contribution in [0.5, 0.6) is 0 Å². The van der Waals surface area contributed by atoms with Gasteiger partial charge in [0, 0.05) is 52.9 Å². The van der Waals surface area contributed by atoms with Crippen molar-refractivity contribution in [2.45, 2.75) is 76.2 Å². The predicted molar refractivity (Wildman–Crippen MR) is 170 cm³/mol. The molecule has 1 aromatic heterocycles. The number of aryl methyl sites for hydroxylation is 1. The van der Waals surface area contributed by atoms with Gasteiger partial charge in [-0.1, -0.05) is 59.6 Å². The number of thiazole rings is 1. The number of hydrogen-bond acceptors (Lipinski definition) is 5. The maximum absolute atomic E-state index is 10.9. The number of rotatable bonds is 15. The number of carboxylic acids is 2. The van der Waals surface area contributed by atoms with Crippen LogP contribution in [0, 0.1) is 0 Å². The van der Waals surface area contributed by atoms with Gasteiger partial charge in [-0.3, -0.25) is 9.59 Å². The fraction of sp³-hybridized carbons (Fsp3) is 0.387. The van der Waals surface area contributed by atoms with Gasteiger partial charge in [-0.2, -0.15) is 4.57 Å². The fourth-order valence-electron chi connectivity index (χ4n) is 4.83. The molecule has 10 heteroatoms. The average Bonchev–Trinajstić information content (AvgIpc) is 3.43. The molecule has 0 bridgehead atoms. The molecule has 0 aliphatic carbocycles. The molecule has 1 aliphatic heterocycles. The van der Waals surface area contributed by atoms with Crippen LogP contribution >= 0.6 is 46.3 Å². The lowest BCUT2D eigenvalue weighted by Crippen LogP contribution is -2.35. The van der Waals surface area contributed by atoms with Gasteiger partial charge >= 0.3 is 11.9 Å². The minimum Gasteiger partial charge on any atom is -0.481 e. The topological polar surface area (TPSA) is 81.7 Å². The van der Waals surface area contributed by atoms with Crippen molar-refractivity contribution < 1.29 is 24.4 Å². The normalized spacial score (nSPS) is 14.3. The van der Waals surface area contributed by atoms with Crippen LogP contribution in [0.3, 0.4) is 0 Å². The Bertz CT molecular complexity index is 1470. The Labute approximate surface area is 259 Å². The number of thioether (sulfide) groups is 1. The number of aromatic nitrogens is 1. The largest absolute Gasteiger partial charge is 0.481 e. The summed E-state index contributed by atoms with van der Waals surface area (Å²) in [4.78, 5) is 25.3. The number of carboxylic acid groups (broad SMARTS) is 2. The van der Waals surface area contributed by atoms with E-state index in [-0.39, 0.29) is 12.8 Å². The zero-order valence-electron chi connectivity index (χ0n) is 23.1. The minimum atomic E-state index is -0.752. The zero-order valence-corrected chi connectivity index (χ0v) is 26.2. The number of nitrogens with zero attached hydrogens (tertiary/aromatic N) is 2. The number of aliphatic carboxylic acids is 2. The van der Waals surface area contributed by atoms with Crippen LogP contribution in [0.1, 0.15) is 69.7 Å². The number of anilines is 1. The molecule has 0 amide bonds. The highest BCUT2D eigenvalue weighted by Crippen LogP contribution is 2.47. The Morgan fingerprint density at radius 1 is 0.927 bits per heavy atom. The monoisotopic (exact) mass is 633 g/mol. The lowest BCUT2D eigenvalue weighted by Gasteiger charge is -2.21. The van der Waals surface area contributed by atoms with Gasteiger partial charge in [0.15, 0.2) is 6.54 Å². The SMILES string of the molecule is CCC(=C/c1sc2ccc(Cl)cc2[n+]1CCCCCC(=O)O)/C=C1\Sc2ccc(Cl)cc2N1CCCCCC(=O)O. The van der Waals surface area contributed by atoms with Crippen molar-refractivity contribution in [1.29, 1.82) is 0 Å². The number of halogens is 2. The van der Waals surface area contributed by atoms with E-state index in [9.17, 15) is 9.59 Å². The summed E-state index contributed by atoms with van der Waals surface area (Å²) in [6.45, 7) is 3.74. The van der Waals surface area contributed by atoms with E-state index < -0.39 is 11.9 Å². The molecule has 2 heterocycles. The lowest BCUT2D eigenvalue weighted by atomic mass is 10.1. The molecule has 41 heavy (non-hydrogen) atoms. The van der Waals surface area contributed by atoms with Crippen molar-refractivity contribution in [2.24, 2.45) is 0 Å². The van der Waals surface area contributed by atoms with Crippen molar-refractivity contribution in [3.8, 4) is 0 Å². The van der Waals surface area contributed by atoms with Crippen molar-refractivity contribution >= 4 is 80.2 Å². The molecule has 0 spiro atoms. The van der Waals surface area contributed by atoms with Gasteiger partial charge in [0.2, 0.25) is 5.52 Å². The van der Waals surface area contributed by atoms with E-state index in [1.165, 1.54) is 5.57 Å². The number of carbonyl (C=O) groups is 2. The first-order valence-corrected chi connectivity index (χ1v) is 16.4. The first-order valence-electron chi connectivity index (χ1n) is 14.0. The van der Waals surface area contributed by atoms with Crippen LogP contribution in [0.15, 0.2) is 58.0 Å². The molecule has 0 fully saturated rings. The zero-order chi connectivity index (χ0) is 29.4. The van der Waals surface area contributed by atoms with Gasteiger partial charge in [0.25, 0.3) is 5.01 Å². The predicted octanol–water partition coefficient (Wildman–Crippen LogP) is 9.03. The average molecular weight is 635 g/mol. The van der Waals surface area contributed by atoms with Gasteiger partial charge in [0.1, 0.15) is 4.70 Å². The molecule has 0 unspecified atom stereocenters. The van der Waals surface area contributed by atoms with E-state index in [4.69, 9.17) is 33.4 Å². The maximum atomic E-state index is 10.9. The van der Waals surface area contributed by atoms with Crippen LogP contribution < -0.4 is 9.47 Å². The van der Waals surface area contributed by atoms with E-state index in [1.54, 1.807) is 23.1 Å². The number of hydrogen-bond donors (Lipinski definition) is 2. The summed E-state index contributed by atoms with van der Waals surface area (Å²) in [5.41, 5.74) is 3.38.